The number of anilines is 4. The lowest BCUT2D eigenvalue weighted by Crippen LogP contribution is -2.70. The van der Waals surface area contributed by atoms with Crippen LogP contribution in [0.4, 0.5) is 22.7 Å². The standard InChI is InChI=1S/C61H67BN2O/c1-36-29-41-42-32-39(57(5,6)7)33-46-54(42)64(61(13)26-18-17-25-60(46,61)12)62-47-22-24-50-52(43-34-44-45(35-51(43)65-50)59(10,11)28-27-58(44,8)9)55(47)63(49(30-36)53(41)62)48-23-21-38(56(2,3)4)31-40(48)37-19-15-14-16-20-37/h14-16,19-24,29-35H,17-18,25-28H2,1-13H3. The Morgan fingerprint density at radius 3 is 1.95 bits per heavy atom. The average molecular weight is 855 g/mol. The molecule has 330 valence electrons. The fraction of sp³-hybridized carbons (Fsp3) is 0.410. The minimum Gasteiger partial charge on any atom is -0.456 e. The van der Waals surface area contributed by atoms with Crippen molar-refractivity contribution in [3.05, 3.63) is 130 Å². The van der Waals surface area contributed by atoms with Crippen LogP contribution in [0.2, 0.25) is 0 Å². The second-order valence-corrected chi connectivity index (χ2v) is 24.8. The lowest BCUT2D eigenvalue weighted by Gasteiger charge is -2.55. The first-order valence-corrected chi connectivity index (χ1v) is 24.8. The van der Waals surface area contributed by atoms with E-state index in [9.17, 15) is 0 Å². The third-order valence-electron chi connectivity index (χ3n) is 17.8. The summed E-state index contributed by atoms with van der Waals surface area (Å²) in [5, 5.41) is 2.47. The van der Waals surface area contributed by atoms with E-state index in [1.165, 1.54) is 133 Å². The van der Waals surface area contributed by atoms with Gasteiger partial charge in [-0.15, -0.1) is 0 Å². The Hall–Kier alpha value is -5.22. The van der Waals surface area contributed by atoms with Crippen LogP contribution < -0.4 is 20.6 Å². The summed E-state index contributed by atoms with van der Waals surface area (Å²) >= 11 is 0. The van der Waals surface area contributed by atoms with Crippen molar-refractivity contribution in [2.45, 2.75) is 161 Å². The van der Waals surface area contributed by atoms with Crippen LogP contribution in [0.3, 0.4) is 0 Å². The summed E-state index contributed by atoms with van der Waals surface area (Å²) in [7, 11) is 0. The third kappa shape index (κ3) is 5.49. The first-order chi connectivity index (χ1) is 30.6. The molecule has 1 saturated carbocycles. The predicted octanol–water partition coefficient (Wildman–Crippen LogP) is 15.5. The molecule has 0 bridgehead atoms. The summed E-state index contributed by atoms with van der Waals surface area (Å²) in [5.74, 6) is 0. The minimum atomic E-state index is -0.0749. The molecule has 0 saturated heterocycles. The molecular formula is C61H67BN2O. The summed E-state index contributed by atoms with van der Waals surface area (Å²) in [4.78, 5) is 5.69. The Labute approximate surface area is 388 Å². The van der Waals surface area contributed by atoms with Gasteiger partial charge in [-0.25, -0.2) is 0 Å². The molecule has 0 radical (unpaired) electrons. The van der Waals surface area contributed by atoms with E-state index in [4.69, 9.17) is 4.42 Å². The van der Waals surface area contributed by atoms with Crippen LogP contribution in [0.15, 0.2) is 101 Å². The van der Waals surface area contributed by atoms with E-state index in [1.54, 1.807) is 5.56 Å². The van der Waals surface area contributed by atoms with Crippen molar-refractivity contribution < 1.29 is 4.42 Å². The van der Waals surface area contributed by atoms with Crippen molar-refractivity contribution in [1.29, 1.82) is 0 Å². The number of benzene rings is 6. The maximum Gasteiger partial charge on any atom is 0.328 e. The fourth-order valence-corrected chi connectivity index (χ4v) is 13.6. The molecule has 0 spiro atoms. The van der Waals surface area contributed by atoms with Crippen molar-refractivity contribution in [1.82, 2.24) is 0 Å². The molecule has 0 amide bonds. The molecule has 2 atom stereocenters. The number of hydrogen-bond donors (Lipinski definition) is 0. The lowest BCUT2D eigenvalue weighted by atomic mass is 9.42. The van der Waals surface area contributed by atoms with E-state index in [1.807, 2.05) is 0 Å². The predicted molar refractivity (Wildman–Crippen MR) is 278 cm³/mol. The topological polar surface area (TPSA) is 19.6 Å². The molecule has 12 rings (SSSR count). The molecule has 1 fully saturated rings. The summed E-state index contributed by atoms with van der Waals surface area (Å²) in [6, 6.07) is 38.5. The molecule has 65 heavy (non-hydrogen) atoms. The Balaban J connectivity index is 1.26. The maximum atomic E-state index is 7.17. The van der Waals surface area contributed by atoms with Crippen molar-refractivity contribution in [3.8, 4) is 22.3 Å². The molecule has 2 aliphatic carbocycles. The fourth-order valence-electron chi connectivity index (χ4n) is 13.6. The van der Waals surface area contributed by atoms with Crippen LogP contribution in [0.25, 0.3) is 44.2 Å². The van der Waals surface area contributed by atoms with Crippen molar-refractivity contribution >= 4 is 62.5 Å². The second-order valence-electron chi connectivity index (χ2n) is 24.8. The van der Waals surface area contributed by atoms with E-state index in [0.717, 1.165) is 11.2 Å². The van der Waals surface area contributed by atoms with Gasteiger partial charge >= 0.3 is 6.85 Å². The third-order valence-corrected chi connectivity index (χ3v) is 17.8. The summed E-state index contributed by atoms with van der Waals surface area (Å²) in [6.07, 6.45) is 7.24. The van der Waals surface area contributed by atoms with Gasteiger partial charge in [0.25, 0.3) is 0 Å². The normalized spacial score (nSPS) is 22.4. The number of furan rings is 1. The van der Waals surface area contributed by atoms with Crippen molar-refractivity contribution in [2.75, 3.05) is 9.71 Å². The monoisotopic (exact) mass is 855 g/mol. The first-order valence-electron chi connectivity index (χ1n) is 24.8. The quantitative estimate of drug-likeness (QED) is 0.162. The van der Waals surface area contributed by atoms with Crippen LogP contribution in [-0.4, -0.2) is 12.4 Å². The van der Waals surface area contributed by atoms with Gasteiger partial charge in [-0.3, -0.25) is 0 Å². The summed E-state index contributed by atoms with van der Waals surface area (Å²) in [5.41, 5.74) is 23.9. The van der Waals surface area contributed by atoms with E-state index in [0.29, 0.717) is 0 Å². The van der Waals surface area contributed by atoms with Crippen LogP contribution in [0, 0.1) is 6.92 Å². The summed E-state index contributed by atoms with van der Waals surface area (Å²) in [6.45, 7) is 31.6. The molecular weight excluding hydrogens is 787 g/mol. The van der Waals surface area contributed by atoms with Crippen molar-refractivity contribution in [2.24, 2.45) is 0 Å². The molecule has 2 unspecified atom stereocenters. The van der Waals surface area contributed by atoms with Gasteiger partial charge in [-0.1, -0.05) is 144 Å². The highest BCUT2D eigenvalue weighted by Gasteiger charge is 2.63. The zero-order valence-electron chi connectivity index (χ0n) is 41.4. The molecule has 6 aromatic carbocycles. The lowest BCUT2D eigenvalue weighted by molar-refractivity contribution is 0.199. The molecule has 0 N–H and O–H groups in total. The van der Waals surface area contributed by atoms with E-state index >= 15 is 0 Å². The average Bonchev–Trinajstić information content (AvgIpc) is 3.72. The van der Waals surface area contributed by atoms with E-state index in [2.05, 4.69) is 197 Å². The second kappa shape index (κ2) is 13.0. The highest BCUT2D eigenvalue weighted by molar-refractivity contribution is 6.93. The zero-order chi connectivity index (χ0) is 45.5. The van der Waals surface area contributed by atoms with Gasteiger partial charge in [0, 0.05) is 38.8 Å². The van der Waals surface area contributed by atoms with Gasteiger partial charge in [-0.2, -0.15) is 0 Å². The van der Waals surface area contributed by atoms with Gasteiger partial charge in [0.1, 0.15) is 11.2 Å². The zero-order valence-corrected chi connectivity index (χ0v) is 41.4. The van der Waals surface area contributed by atoms with Crippen molar-refractivity contribution in [3.63, 3.8) is 0 Å². The van der Waals surface area contributed by atoms with Crippen LogP contribution in [-0.2, 0) is 27.1 Å². The molecule has 3 nitrogen and oxygen atoms in total. The SMILES string of the molecule is Cc1cc2c3c(c1)N(c1ccc(C(C)(C)C)cc1-c1ccccc1)c1c(ccc4oc5cc6c(cc5c14)C(C)(C)CCC6(C)C)B3N1c3c-2cc(C(C)(C)C)cc3C2(C)CCCCC12C. The highest BCUT2D eigenvalue weighted by atomic mass is 16.3. The Kier molecular flexibility index (Phi) is 8.26. The molecule has 5 aliphatic rings. The number of nitrogens with zero attached hydrogens (tertiary/aromatic N) is 2. The smallest absolute Gasteiger partial charge is 0.328 e. The van der Waals surface area contributed by atoms with E-state index < -0.39 is 0 Å². The number of aryl methyl sites for hydroxylation is 1. The van der Waals surface area contributed by atoms with Crippen LogP contribution in [0.1, 0.15) is 155 Å². The van der Waals surface area contributed by atoms with Gasteiger partial charge < -0.3 is 14.1 Å². The largest absolute Gasteiger partial charge is 0.456 e. The Morgan fingerprint density at radius 2 is 1.25 bits per heavy atom. The number of fused-ring (bicyclic) bond motifs is 12. The first kappa shape index (κ1) is 41.2. The van der Waals surface area contributed by atoms with Gasteiger partial charge in [0.05, 0.1) is 16.8 Å². The molecule has 1 aromatic heterocycles. The molecule has 7 aromatic rings. The molecule has 4 heterocycles. The number of hydrogen-bond acceptors (Lipinski definition) is 3. The van der Waals surface area contributed by atoms with Crippen LogP contribution in [0.5, 0.6) is 0 Å². The van der Waals surface area contributed by atoms with Gasteiger partial charge in [-0.05, 0) is 159 Å². The highest BCUT2D eigenvalue weighted by Crippen LogP contribution is 2.64. The van der Waals surface area contributed by atoms with Crippen LogP contribution >= 0.6 is 0 Å². The Bertz CT molecular complexity index is 3190. The summed E-state index contributed by atoms with van der Waals surface area (Å²) < 4.78 is 7.17. The van der Waals surface area contributed by atoms with Gasteiger partial charge in [0.15, 0.2) is 0 Å². The number of rotatable bonds is 2. The van der Waals surface area contributed by atoms with E-state index in [-0.39, 0.29) is 39.5 Å². The maximum absolute atomic E-state index is 7.17. The van der Waals surface area contributed by atoms with Gasteiger partial charge in [0.2, 0.25) is 0 Å². The Morgan fingerprint density at radius 1 is 0.569 bits per heavy atom. The molecule has 3 aliphatic heterocycles. The minimum absolute atomic E-state index is 0.00997. The molecule has 4 heteroatoms.